The summed E-state index contributed by atoms with van der Waals surface area (Å²) in [5.41, 5.74) is 1.42. The van der Waals surface area contributed by atoms with E-state index in [-0.39, 0.29) is 11.1 Å². The van der Waals surface area contributed by atoms with Crippen LogP contribution in [-0.4, -0.2) is 16.1 Å². The molecule has 5 heteroatoms. The molecular formula is C16H11NO4. The smallest absolute Gasteiger partial charge is 0.372 e. The van der Waals surface area contributed by atoms with E-state index in [1.165, 1.54) is 12.4 Å². The van der Waals surface area contributed by atoms with E-state index in [9.17, 15) is 14.7 Å². The van der Waals surface area contributed by atoms with Crippen LogP contribution in [0, 0.1) is 6.92 Å². The molecule has 5 nitrogen and oxygen atoms in total. The number of aromatic nitrogens is 1. The Kier molecular flexibility index (Phi) is 3.02. The highest BCUT2D eigenvalue weighted by atomic mass is 16.4. The van der Waals surface area contributed by atoms with E-state index >= 15 is 0 Å². The van der Waals surface area contributed by atoms with Gasteiger partial charge in [0.15, 0.2) is 0 Å². The minimum atomic E-state index is -1.28. The number of aromatic carboxylic acids is 1. The molecule has 0 spiro atoms. The third-order valence-electron chi connectivity index (χ3n) is 3.27. The summed E-state index contributed by atoms with van der Waals surface area (Å²) >= 11 is 0. The molecule has 1 aromatic carbocycles. The zero-order valence-electron chi connectivity index (χ0n) is 11.2. The SMILES string of the molecule is Cc1ccc(-c2c(C(=O)O)oc(=O)c3cnccc23)cc1. The largest absolute Gasteiger partial charge is 0.475 e. The Bertz CT molecular complexity index is 894. The summed E-state index contributed by atoms with van der Waals surface area (Å²) in [5.74, 6) is -1.64. The average Bonchev–Trinajstić information content (AvgIpc) is 2.48. The summed E-state index contributed by atoms with van der Waals surface area (Å²) in [6.45, 7) is 1.94. The van der Waals surface area contributed by atoms with E-state index in [1.54, 1.807) is 18.2 Å². The third kappa shape index (κ3) is 2.18. The lowest BCUT2D eigenvalue weighted by molar-refractivity contribution is 0.0659. The molecule has 0 unspecified atom stereocenters. The highest BCUT2D eigenvalue weighted by molar-refractivity contribution is 6.04. The van der Waals surface area contributed by atoms with Crippen molar-refractivity contribution in [2.24, 2.45) is 0 Å². The predicted octanol–water partition coefficient (Wildman–Crippen LogP) is 2.86. The zero-order chi connectivity index (χ0) is 15.0. The van der Waals surface area contributed by atoms with E-state index in [4.69, 9.17) is 4.42 Å². The summed E-state index contributed by atoms with van der Waals surface area (Å²) in [6.07, 6.45) is 2.90. The molecule has 0 aliphatic heterocycles. The van der Waals surface area contributed by atoms with Crippen LogP contribution in [0.5, 0.6) is 0 Å². The van der Waals surface area contributed by atoms with Crippen LogP contribution in [0.3, 0.4) is 0 Å². The van der Waals surface area contributed by atoms with Gasteiger partial charge in [-0.2, -0.15) is 0 Å². The molecule has 0 aliphatic carbocycles. The number of aryl methyl sites for hydroxylation is 1. The minimum Gasteiger partial charge on any atom is -0.475 e. The van der Waals surface area contributed by atoms with Crippen LogP contribution in [0.4, 0.5) is 0 Å². The third-order valence-corrected chi connectivity index (χ3v) is 3.27. The van der Waals surface area contributed by atoms with Crippen LogP contribution >= 0.6 is 0 Å². The molecular weight excluding hydrogens is 270 g/mol. The topological polar surface area (TPSA) is 80.4 Å². The lowest BCUT2D eigenvalue weighted by Crippen LogP contribution is -2.09. The van der Waals surface area contributed by atoms with E-state index in [1.807, 2.05) is 19.1 Å². The lowest BCUT2D eigenvalue weighted by atomic mass is 9.98. The molecule has 2 aromatic heterocycles. The number of hydrogen-bond acceptors (Lipinski definition) is 4. The highest BCUT2D eigenvalue weighted by Gasteiger charge is 2.20. The molecule has 0 radical (unpaired) electrons. The van der Waals surface area contributed by atoms with Gasteiger partial charge in [0.05, 0.1) is 5.39 Å². The number of carboxylic acids is 1. The number of hydrogen-bond donors (Lipinski definition) is 1. The monoisotopic (exact) mass is 281 g/mol. The van der Waals surface area contributed by atoms with Crippen molar-refractivity contribution in [3.8, 4) is 11.1 Å². The van der Waals surface area contributed by atoms with Gasteiger partial charge in [-0.15, -0.1) is 0 Å². The molecule has 0 aliphatic rings. The molecule has 0 amide bonds. The van der Waals surface area contributed by atoms with E-state index in [0.717, 1.165) is 5.56 Å². The fraction of sp³-hybridized carbons (Fsp3) is 0.0625. The van der Waals surface area contributed by atoms with Gasteiger partial charge in [0, 0.05) is 23.3 Å². The van der Waals surface area contributed by atoms with Gasteiger partial charge in [0.2, 0.25) is 5.76 Å². The normalized spacial score (nSPS) is 10.7. The standard InChI is InChI=1S/C16H11NO4/c1-9-2-4-10(5-3-9)13-11-6-7-17-8-12(11)16(20)21-14(13)15(18)19/h2-8H,1H3,(H,18,19). The summed E-state index contributed by atoms with van der Waals surface area (Å²) in [6, 6.07) is 8.97. The number of carboxylic acid groups (broad SMARTS) is 1. The van der Waals surface area contributed by atoms with Gasteiger partial charge < -0.3 is 9.52 Å². The molecule has 3 aromatic rings. The van der Waals surface area contributed by atoms with Crippen molar-refractivity contribution in [2.75, 3.05) is 0 Å². The summed E-state index contributed by atoms with van der Waals surface area (Å²) in [5, 5.41) is 10.1. The Labute approximate surface area is 119 Å². The molecule has 0 atom stereocenters. The maximum Gasteiger partial charge on any atom is 0.372 e. The number of fused-ring (bicyclic) bond motifs is 1. The highest BCUT2D eigenvalue weighted by Crippen LogP contribution is 2.30. The molecule has 21 heavy (non-hydrogen) atoms. The van der Waals surface area contributed by atoms with Crippen LogP contribution < -0.4 is 5.63 Å². The van der Waals surface area contributed by atoms with Crippen molar-refractivity contribution in [2.45, 2.75) is 6.92 Å². The van der Waals surface area contributed by atoms with Crippen LogP contribution in [0.15, 0.2) is 51.9 Å². The first-order valence-electron chi connectivity index (χ1n) is 6.29. The van der Waals surface area contributed by atoms with Gasteiger partial charge in [0.1, 0.15) is 0 Å². The Balaban J connectivity index is 2.46. The fourth-order valence-electron chi connectivity index (χ4n) is 2.25. The van der Waals surface area contributed by atoms with Gasteiger partial charge in [-0.3, -0.25) is 4.98 Å². The van der Waals surface area contributed by atoms with Crippen LogP contribution in [0.1, 0.15) is 16.1 Å². The number of benzene rings is 1. The Morgan fingerprint density at radius 1 is 1.14 bits per heavy atom. The average molecular weight is 281 g/mol. The first-order chi connectivity index (χ1) is 10.1. The van der Waals surface area contributed by atoms with Crippen LogP contribution in [-0.2, 0) is 0 Å². The first-order valence-corrected chi connectivity index (χ1v) is 6.29. The molecule has 0 fully saturated rings. The fourth-order valence-corrected chi connectivity index (χ4v) is 2.25. The van der Waals surface area contributed by atoms with Crippen molar-refractivity contribution < 1.29 is 14.3 Å². The molecule has 0 bridgehead atoms. The van der Waals surface area contributed by atoms with Crippen molar-refractivity contribution >= 4 is 16.7 Å². The Morgan fingerprint density at radius 3 is 2.52 bits per heavy atom. The van der Waals surface area contributed by atoms with E-state index in [0.29, 0.717) is 16.5 Å². The molecule has 3 rings (SSSR count). The van der Waals surface area contributed by atoms with Gasteiger partial charge >= 0.3 is 11.6 Å². The number of pyridine rings is 1. The van der Waals surface area contributed by atoms with Gasteiger partial charge in [-0.1, -0.05) is 29.8 Å². The number of nitrogens with zero attached hydrogens (tertiary/aromatic N) is 1. The molecule has 0 saturated heterocycles. The second-order valence-corrected chi connectivity index (χ2v) is 4.69. The van der Waals surface area contributed by atoms with Crippen molar-refractivity contribution in [1.82, 2.24) is 4.98 Å². The van der Waals surface area contributed by atoms with Gasteiger partial charge in [-0.25, -0.2) is 9.59 Å². The van der Waals surface area contributed by atoms with Gasteiger partial charge in [-0.05, 0) is 18.6 Å². The van der Waals surface area contributed by atoms with Gasteiger partial charge in [0.25, 0.3) is 0 Å². The second kappa shape index (κ2) is 4.86. The summed E-state index contributed by atoms with van der Waals surface area (Å²) < 4.78 is 4.97. The molecule has 1 N–H and O–H groups in total. The molecule has 104 valence electrons. The van der Waals surface area contributed by atoms with Crippen LogP contribution in [0.2, 0.25) is 0 Å². The Morgan fingerprint density at radius 2 is 1.86 bits per heavy atom. The number of rotatable bonds is 2. The number of carbonyl (C=O) groups is 1. The summed E-state index contributed by atoms with van der Waals surface area (Å²) in [7, 11) is 0. The summed E-state index contributed by atoms with van der Waals surface area (Å²) in [4.78, 5) is 27.2. The second-order valence-electron chi connectivity index (χ2n) is 4.69. The van der Waals surface area contributed by atoms with Crippen molar-refractivity contribution in [1.29, 1.82) is 0 Å². The maximum atomic E-state index is 11.9. The first kappa shape index (κ1) is 13.1. The van der Waals surface area contributed by atoms with Crippen molar-refractivity contribution in [3.63, 3.8) is 0 Å². The molecule has 0 saturated carbocycles. The maximum absolute atomic E-state index is 11.9. The van der Waals surface area contributed by atoms with Crippen LogP contribution in [0.25, 0.3) is 21.9 Å². The predicted molar refractivity (Wildman–Crippen MR) is 77.4 cm³/mol. The quantitative estimate of drug-likeness (QED) is 0.781. The van der Waals surface area contributed by atoms with E-state index in [2.05, 4.69) is 4.98 Å². The lowest BCUT2D eigenvalue weighted by Gasteiger charge is -2.09. The van der Waals surface area contributed by atoms with E-state index < -0.39 is 11.6 Å². The zero-order valence-corrected chi connectivity index (χ0v) is 11.2. The van der Waals surface area contributed by atoms with Crippen molar-refractivity contribution in [3.05, 3.63) is 64.5 Å². The minimum absolute atomic E-state index is 0.262. The Hall–Kier alpha value is -2.95. The molecule has 2 heterocycles.